The van der Waals surface area contributed by atoms with Crippen LogP contribution in [0.3, 0.4) is 0 Å². The zero-order chi connectivity index (χ0) is 15.1. The van der Waals surface area contributed by atoms with Gasteiger partial charge in [0, 0.05) is 10.4 Å². The highest BCUT2D eigenvalue weighted by molar-refractivity contribution is 7.16. The number of thiophene rings is 1. The largest absolute Gasteiger partial charge is 0.390 e. The molecule has 1 aliphatic rings. The molecule has 5 heteroatoms. The monoisotopic (exact) mass is 339 g/mol. The summed E-state index contributed by atoms with van der Waals surface area (Å²) in [5.74, 6) is 0.599. The summed E-state index contributed by atoms with van der Waals surface area (Å²) in [5.41, 5.74) is 8.45. The molecule has 110 valence electrons. The van der Waals surface area contributed by atoms with Gasteiger partial charge in [-0.3, -0.25) is 4.79 Å². The lowest BCUT2D eigenvalue weighted by atomic mass is 9.86. The van der Waals surface area contributed by atoms with Gasteiger partial charge in [0.25, 0.3) is 0 Å². The van der Waals surface area contributed by atoms with Crippen molar-refractivity contribution >= 4 is 45.3 Å². The van der Waals surface area contributed by atoms with E-state index in [0.717, 1.165) is 24.8 Å². The Kier molecular flexibility index (Phi) is 4.00. The lowest BCUT2D eigenvalue weighted by Gasteiger charge is -2.18. The van der Waals surface area contributed by atoms with Gasteiger partial charge < -0.3 is 5.73 Å². The summed E-state index contributed by atoms with van der Waals surface area (Å²) >= 11 is 13.5. The number of hydrogen-bond donors (Lipinski definition) is 1. The lowest BCUT2D eigenvalue weighted by Crippen LogP contribution is -2.13. The number of ketones is 1. The van der Waals surface area contributed by atoms with Crippen molar-refractivity contribution in [2.75, 3.05) is 5.73 Å². The fourth-order valence-corrected chi connectivity index (χ4v) is 4.38. The first-order valence-corrected chi connectivity index (χ1v) is 8.44. The quantitative estimate of drug-likeness (QED) is 0.783. The van der Waals surface area contributed by atoms with E-state index in [9.17, 15) is 4.79 Å². The highest BCUT2D eigenvalue weighted by atomic mass is 35.5. The number of rotatable bonds is 2. The minimum atomic E-state index is -0.0573. The Morgan fingerprint density at radius 3 is 2.81 bits per heavy atom. The molecule has 1 aromatic carbocycles. The smallest absolute Gasteiger partial charge is 0.196 e. The summed E-state index contributed by atoms with van der Waals surface area (Å²) in [6, 6.07) is 4.96. The van der Waals surface area contributed by atoms with Crippen molar-refractivity contribution < 1.29 is 4.79 Å². The van der Waals surface area contributed by atoms with Gasteiger partial charge >= 0.3 is 0 Å². The van der Waals surface area contributed by atoms with E-state index in [0.29, 0.717) is 32.1 Å². The molecule has 0 amide bonds. The second-order valence-corrected chi connectivity index (χ2v) is 7.50. The SMILES string of the molecule is CC1CCc2c(sc(N)c2C(=O)c2ccc(Cl)c(Cl)c2)C1. The normalized spacial score (nSPS) is 17.6. The van der Waals surface area contributed by atoms with Crippen LogP contribution in [0.25, 0.3) is 0 Å². The first kappa shape index (κ1) is 14.9. The van der Waals surface area contributed by atoms with Crippen LogP contribution in [-0.2, 0) is 12.8 Å². The van der Waals surface area contributed by atoms with Gasteiger partial charge in [-0.15, -0.1) is 11.3 Å². The highest BCUT2D eigenvalue weighted by Crippen LogP contribution is 2.39. The topological polar surface area (TPSA) is 43.1 Å². The number of nitrogen functional groups attached to an aromatic ring is 1. The van der Waals surface area contributed by atoms with E-state index in [-0.39, 0.29) is 5.78 Å². The summed E-state index contributed by atoms with van der Waals surface area (Å²) in [6.07, 6.45) is 3.04. The third kappa shape index (κ3) is 2.70. The second-order valence-electron chi connectivity index (χ2n) is 5.55. The average molecular weight is 340 g/mol. The molecule has 0 spiro atoms. The number of carbonyl (C=O) groups excluding carboxylic acids is 1. The number of anilines is 1. The third-order valence-corrected chi connectivity index (χ3v) is 5.77. The van der Waals surface area contributed by atoms with E-state index in [1.807, 2.05) is 0 Å². The molecule has 0 saturated carbocycles. The van der Waals surface area contributed by atoms with Gasteiger partial charge in [0.1, 0.15) is 0 Å². The third-order valence-electron chi connectivity index (χ3n) is 3.95. The molecule has 1 atom stereocenters. The Bertz CT molecular complexity index is 723. The van der Waals surface area contributed by atoms with Crippen molar-refractivity contribution in [3.8, 4) is 0 Å². The van der Waals surface area contributed by atoms with E-state index in [1.165, 1.54) is 4.88 Å². The van der Waals surface area contributed by atoms with Crippen molar-refractivity contribution in [1.29, 1.82) is 0 Å². The molecule has 0 aliphatic heterocycles. The van der Waals surface area contributed by atoms with Crippen molar-refractivity contribution in [1.82, 2.24) is 0 Å². The summed E-state index contributed by atoms with van der Waals surface area (Å²) in [4.78, 5) is 14.0. The fourth-order valence-electron chi connectivity index (χ4n) is 2.80. The molecular weight excluding hydrogens is 325 g/mol. The van der Waals surface area contributed by atoms with Gasteiger partial charge in [0.15, 0.2) is 5.78 Å². The van der Waals surface area contributed by atoms with Crippen LogP contribution in [0.4, 0.5) is 5.00 Å². The molecule has 1 aromatic heterocycles. The van der Waals surface area contributed by atoms with E-state index in [2.05, 4.69) is 6.92 Å². The highest BCUT2D eigenvalue weighted by Gasteiger charge is 2.27. The number of benzene rings is 1. The number of carbonyl (C=O) groups is 1. The van der Waals surface area contributed by atoms with Crippen LogP contribution in [-0.4, -0.2) is 5.78 Å². The number of nitrogens with two attached hydrogens (primary N) is 1. The zero-order valence-electron chi connectivity index (χ0n) is 11.6. The van der Waals surface area contributed by atoms with E-state index >= 15 is 0 Å². The van der Waals surface area contributed by atoms with Gasteiger partial charge in [0.2, 0.25) is 0 Å². The molecule has 1 heterocycles. The van der Waals surface area contributed by atoms with Crippen LogP contribution in [0.15, 0.2) is 18.2 Å². The Balaban J connectivity index is 2.04. The maximum absolute atomic E-state index is 12.8. The first-order valence-electron chi connectivity index (χ1n) is 6.87. The molecule has 2 aromatic rings. The average Bonchev–Trinajstić information content (AvgIpc) is 2.76. The molecule has 0 fully saturated rings. The van der Waals surface area contributed by atoms with Crippen LogP contribution < -0.4 is 5.73 Å². The van der Waals surface area contributed by atoms with E-state index < -0.39 is 0 Å². The number of hydrogen-bond acceptors (Lipinski definition) is 3. The molecule has 0 bridgehead atoms. The molecule has 2 nitrogen and oxygen atoms in total. The first-order chi connectivity index (χ1) is 9.97. The maximum atomic E-state index is 12.8. The van der Waals surface area contributed by atoms with Crippen LogP contribution in [0.1, 0.15) is 39.7 Å². The summed E-state index contributed by atoms with van der Waals surface area (Å²) in [7, 11) is 0. The van der Waals surface area contributed by atoms with Crippen molar-refractivity contribution in [2.45, 2.75) is 26.2 Å². The minimum Gasteiger partial charge on any atom is -0.390 e. The minimum absolute atomic E-state index is 0.0573. The van der Waals surface area contributed by atoms with Gasteiger partial charge in [-0.05, 0) is 48.9 Å². The van der Waals surface area contributed by atoms with Crippen LogP contribution in [0.5, 0.6) is 0 Å². The summed E-state index contributed by atoms with van der Waals surface area (Å²) < 4.78 is 0. The molecule has 2 N–H and O–H groups in total. The summed E-state index contributed by atoms with van der Waals surface area (Å²) in [6.45, 7) is 2.24. The van der Waals surface area contributed by atoms with Crippen molar-refractivity contribution in [2.24, 2.45) is 5.92 Å². The Labute approximate surface area is 137 Å². The molecule has 0 saturated heterocycles. The van der Waals surface area contributed by atoms with Crippen LogP contribution in [0.2, 0.25) is 10.0 Å². The fraction of sp³-hybridized carbons (Fsp3) is 0.312. The Hall–Kier alpha value is -1.03. The maximum Gasteiger partial charge on any atom is 0.196 e. The van der Waals surface area contributed by atoms with E-state index in [1.54, 1.807) is 29.5 Å². The number of fused-ring (bicyclic) bond motifs is 1. The predicted molar refractivity (Wildman–Crippen MR) is 89.8 cm³/mol. The van der Waals surface area contributed by atoms with Crippen LogP contribution >= 0.6 is 34.5 Å². The Morgan fingerprint density at radius 1 is 1.33 bits per heavy atom. The lowest BCUT2D eigenvalue weighted by molar-refractivity contribution is 0.103. The zero-order valence-corrected chi connectivity index (χ0v) is 13.9. The van der Waals surface area contributed by atoms with Gasteiger partial charge in [-0.1, -0.05) is 30.1 Å². The van der Waals surface area contributed by atoms with Crippen molar-refractivity contribution in [3.63, 3.8) is 0 Å². The molecular formula is C16H15Cl2NOS. The van der Waals surface area contributed by atoms with Crippen molar-refractivity contribution in [3.05, 3.63) is 49.8 Å². The van der Waals surface area contributed by atoms with E-state index in [4.69, 9.17) is 28.9 Å². The summed E-state index contributed by atoms with van der Waals surface area (Å²) in [5, 5.41) is 1.45. The predicted octanol–water partition coefficient (Wildman–Crippen LogP) is 4.99. The number of halogens is 2. The van der Waals surface area contributed by atoms with Gasteiger partial charge in [-0.25, -0.2) is 0 Å². The molecule has 1 unspecified atom stereocenters. The van der Waals surface area contributed by atoms with Gasteiger partial charge in [-0.2, -0.15) is 0 Å². The van der Waals surface area contributed by atoms with Gasteiger partial charge in [0.05, 0.1) is 20.6 Å². The molecule has 21 heavy (non-hydrogen) atoms. The standard InChI is InChI=1S/C16H15Cl2NOS/c1-8-2-4-10-13(6-8)21-16(19)14(10)15(20)9-3-5-11(17)12(18)7-9/h3,5,7-8H,2,4,6,19H2,1H3. The molecule has 0 radical (unpaired) electrons. The second kappa shape index (κ2) is 5.64. The van der Waals surface area contributed by atoms with Crippen LogP contribution in [0, 0.1) is 5.92 Å². The molecule has 1 aliphatic carbocycles. The molecule has 3 rings (SSSR count). The Morgan fingerprint density at radius 2 is 2.10 bits per heavy atom.